The van der Waals surface area contributed by atoms with E-state index in [1.165, 1.54) is 54.6 Å². The normalized spacial score (nSPS) is 11.7. The fourth-order valence-corrected chi connectivity index (χ4v) is 7.78. The van der Waals surface area contributed by atoms with Gasteiger partial charge in [-0.25, -0.2) is 0 Å². The van der Waals surface area contributed by atoms with E-state index in [0.29, 0.717) is 0 Å². The SMILES string of the molecule is c1ccc(-c2ccc(-c3ccccc3-c3cccc4c3oc3c(-c5ccc6c7ccccc7c7ccccc7c6c5)cccc34)cc2)cc1. The molecule has 0 spiro atoms. The van der Waals surface area contributed by atoms with Gasteiger partial charge in [0.1, 0.15) is 11.2 Å². The summed E-state index contributed by atoms with van der Waals surface area (Å²) in [4.78, 5) is 0. The minimum atomic E-state index is 0.913. The van der Waals surface area contributed by atoms with Crippen molar-refractivity contribution in [2.45, 2.75) is 0 Å². The molecule has 0 N–H and O–H groups in total. The maximum absolute atomic E-state index is 6.96. The van der Waals surface area contributed by atoms with Gasteiger partial charge in [0.25, 0.3) is 0 Å². The molecule has 0 aliphatic carbocycles. The highest BCUT2D eigenvalue weighted by molar-refractivity contribution is 6.26. The Labute approximate surface area is 284 Å². The van der Waals surface area contributed by atoms with E-state index in [-0.39, 0.29) is 0 Å². The summed E-state index contributed by atoms with van der Waals surface area (Å²) in [5, 5.41) is 9.90. The molecule has 0 fully saturated rings. The Bertz CT molecular complexity index is 2820. The molecule has 228 valence electrons. The summed E-state index contributed by atoms with van der Waals surface area (Å²) < 4.78 is 6.96. The first-order chi connectivity index (χ1) is 24.3. The number of para-hydroxylation sites is 2. The van der Waals surface area contributed by atoms with E-state index in [1.54, 1.807) is 0 Å². The van der Waals surface area contributed by atoms with Crippen LogP contribution < -0.4 is 0 Å². The van der Waals surface area contributed by atoms with Gasteiger partial charge in [0.05, 0.1) is 0 Å². The van der Waals surface area contributed by atoms with Gasteiger partial charge in [0.2, 0.25) is 0 Å². The Kier molecular flexibility index (Phi) is 6.25. The van der Waals surface area contributed by atoms with E-state index in [1.807, 2.05) is 0 Å². The zero-order chi connectivity index (χ0) is 32.3. The molecule has 0 atom stereocenters. The highest BCUT2D eigenvalue weighted by atomic mass is 16.3. The van der Waals surface area contributed by atoms with Crippen molar-refractivity contribution in [1.82, 2.24) is 0 Å². The van der Waals surface area contributed by atoms with Gasteiger partial charge in [-0.2, -0.15) is 0 Å². The molecule has 0 bridgehead atoms. The number of benzene rings is 9. The zero-order valence-electron chi connectivity index (χ0n) is 26.7. The lowest BCUT2D eigenvalue weighted by Crippen LogP contribution is -1.86. The molecule has 0 radical (unpaired) electrons. The molecule has 10 aromatic rings. The van der Waals surface area contributed by atoms with E-state index in [0.717, 1.165) is 44.2 Å². The quantitative estimate of drug-likeness (QED) is 0.178. The van der Waals surface area contributed by atoms with E-state index >= 15 is 0 Å². The molecule has 0 saturated carbocycles. The summed E-state index contributed by atoms with van der Waals surface area (Å²) in [5.41, 5.74) is 11.1. The molecule has 1 aromatic heterocycles. The summed E-state index contributed by atoms with van der Waals surface area (Å²) in [6.07, 6.45) is 0. The molecule has 1 heterocycles. The summed E-state index contributed by atoms with van der Waals surface area (Å²) >= 11 is 0. The van der Waals surface area contributed by atoms with Crippen LogP contribution in [-0.4, -0.2) is 0 Å². The van der Waals surface area contributed by atoms with Crippen LogP contribution in [0.25, 0.3) is 98.8 Å². The summed E-state index contributed by atoms with van der Waals surface area (Å²) in [6.45, 7) is 0. The molecule has 9 aromatic carbocycles. The average molecular weight is 623 g/mol. The molecule has 49 heavy (non-hydrogen) atoms. The fraction of sp³-hybridized carbons (Fsp3) is 0. The Hall–Kier alpha value is -6.44. The van der Waals surface area contributed by atoms with Crippen LogP contribution >= 0.6 is 0 Å². The lowest BCUT2D eigenvalue weighted by Gasteiger charge is -2.12. The van der Waals surface area contributed by atoms with Crippen LogP contribution in [0.3, 0.4) is 0 Å². The number of furan rings is 1. The summed E-state index contributed by atoms with van der Waals surface area (Å²) in [6, 6.07) is 65.5. The van der Waals surface area contributed by atoms with Gasteiger partial charge in [-0.05, 0) is 71.8 Å². The maximum atomic E-state index is 6.96. The second kappa shape index (κ2) is 11.1. The van der Waals surface area contributed by atoms with Crippen LogP contribution in [0, 0.1) is 0 Å². The van der Waals surface area contributed by atoms with Gasteiger partial charge in [-0.3, -0.25) is 0 Å². The Balaban J connectivity index is 1.14. The Morgan fingerprint density at radius 1 is 0.224 bits per heavy atom. The van der Waals surface area contributed by atoms with Crippen LogP contribution in [-0.2, 0) is 0 Å². The van der Waals surface area contributed by atoms with Gasteiger partial charge in [-0.15, -0.1) is 0 Å². The average Bonchev–Trinajstić information content (AvgIpc) is 3.58. The van der Waals surface area contributed by atoms with Gasteiger partial charge < -0.3 is 4.42 Å². The van der Waals surface area contributed by atoms with Crippen LogP contribution in [0.1, 0.15) is 0 Å². The van der Waals surface area contributed by atoms with Crippen molar-refractivity contribution in [3.05, 3.63) is 182 Å². The third kappa shape index (κ3) is 4.40. The zero-order valence-corrected chi connectivity index (χ0v) is 26.7. The number of hydrogen-bond acceptors (Lipinski definition) is 1. The van der Waals surface area contributed by atoms with Crippen molar-refractivity contribution >= 4 is 54.3 Å². The van der Waals surface area contributed by atoms with E-state index in [4.69, 9.17) is 4.42 Å². The topological polar surface area (TPSA) is 13.1 Å². The van der Waals surface area contributed by atoms with Gasteiger partial charge in [0.15, 0.2) is 0 Å². The molecule has 10 rings (SSSR count). The monoisotopic (exact) mass is 622 g/mol. The summed E-state index contributed by atoms with van der Waals surface area (Å²) in [7, 11) is 0. The predicted octanol–water partition coefficient (Wildman–Crippen LogP) is 13.7. The molecular formula is C48H30O. The van der Waals surface area contributed by atoms with Gasteiger partial charge in [-0.1, -0.05) is 176 Å². The molecule has 0 aliphatic heterocycles. The van der Waals surface area contributed by atoms with Crippen molar-refractivity contribution < 1.29 is 4.42 Å². The van der Waals surface area contributed by atoms with Gasteiger partial charge >= 0.3 is 0 Å². The predicted molar refractivity (Wildman–Crippen MR) is 208 cm³/mol. The standard InChI is InChI=1S/C48H30O/c1-2-12-31(13-3-1)32-24-26-33(27-25-32)35-14-4-5-15-37(35)43-21-11-23-45-44-22-10-20-36(47(44)49-48(43)45)34-28-29-42-40-18-7-6-16-38(40)39-17-8-9-19-41(39)46(42)30-34/h1-30H. The molecule has 0 aliphatic rings. The first kappa shape index (κ1) is 27.7. The van der Waals surface area contributed by atoms with Crippen molar-refractivity contribution in [3.8, 4) is 44.5 Å². The second-order valence-electron chi connectivity index (χ2n) is 12.8. The second-order valence-corrected chi connectivity index (χ2v) is 12.8. The minimum Gasteiger partial charge on any atom is -0.455 e. The molecule has 1 heteroatoms. The molecule has 0 amide bonds. The van der Waals surface area contributed by atoms with E-state index in [2.05, 4.69) is 182 Å². The minimum absolute atomic E-state index is 0.913. The van der Waals surface area contributed by atoms with Crippen LogP contribution in [0.15, 0.2) is 186 Å². The van der Waals surface area contributed by atoms with Crippen LogP contribution in [0.4, 0.5) is 0 Å². The smallest absolute Gasteiger partial charge is 0.143 e. The molecule has 0 saturated heterocycles. The number of hydrogen-bond donors (Lipinski definition) is 0. The molecule has 0 unspecified atom stereocenters. The highest BCUT2D eigenvalue weighted by Crippen LogP contribution is 2.44. The highest BCUT2D eigenvalue weighted by Gasteiger charge is 2.18. The van der Waals surface area contributed by atoms with E-state index < -0.39 is 0 Å². The Morgan fingerprint density at radius 3 is 1.33 bits per heavy atom. The fourth-order valence-electron chi connectivity index (χ4n) is 7.78. The van der Waals surface area contributed by atoms with Crippen molar-refractivity contribution in [1.29, 1.82) is 0 Å². The lowest BCUT2D eigenvalue weighted by atomic mass is 9.91. The van der Waals surface area contributed by atoms with Crippen molar-refractivity contribution in [2.24, 2.45) is 0 Å². The maximum Gasteiger partial charge on any atom is 0.143 e. The lowest BCUT2D eigenvalue weighted by molar-refractivity contribution is 0.671. The van der Waals surface area contributed by atoms with Crippen molar-refractivity contribution in [2.75, 3.05) is 0 Å². The largest absolute Gasteiger partial charge is 0.455 e. The first-order valence-corrected chi connectivity index (χ1v) is 16.8. The third-order valence-electron chi connectivity index (χ3n) is 10.1. The van der Waals surface area contributed by atoms with Crippen LogP contribution in [0.2, 0.25) is 0 Å². The Morgan fingerprint density at radius 2 is 0.653 bits per heavy atom. The van der Waals surface area contributed by atoms with Crippen molar-refractivity contribution in [3.63, 3.8) is 0 Å². The summed E-state index contributed by atoms with van der Waals surface area (Å²) in [5.74, 6) is 0. The van der Waals surface area contributed by atoms with Crippen LogP contribution in [0.5, 0.6) is 0 Å². The molecule has 1 nitrogen and oxygen atoms in total. The number of rotatable bonds is 4. The van der Waals surface area contributed by atoms with Gasteiger partial charge in [0, 0.05) is 21.9 Å². The molecular weight excluding hydrogens is 593 g/mol. The third-order valence-corrected chi connectivity index (χ3v) is 10.1. The number of fused-ring (bicyclic) bond motifs is 9. The van der Waals surface area contributed by atoms with E-state index in [9.17, 15) is 0 Å². The first-order valence-electron chi connectivity index (χ1n) is 16.8.